The Morgan fingerprint density at radius 2 is 1.23 bits per heavy atom. The summed E-state index contributed by atoms with van der Waals surface area (Å²) in [5.74, 6) is -5.61. The first-order chi connectivity index (χ1) is 31.5. The fourth-order valence-corrected chi connectivity index (χ4v) is 9.13. The molecule has 4 aromatic carbocycles. The molecular formula is C51H53N5O8S. The van der Waals surface area contributed by atoms with E-state index in [1.54, 1.807) is 24.3 Å². The number of ketones is 1. The summed E-state index contributed by atoms with van der Waals surface area (Å²) in [6, 6.07) is 33.7. The number of Topliss-reactive ketones (excluding diaryl/α,β-unsaturated/α-hetero) is 1. The van der Waals surface area contributed by atoms with Crippen LogP contribution in [0.4, 0.5) is 5.69 Å². The zero-order valence-corrected chi connectivity index (χ0v) is 36.8. The van der Waals surface area contributed by atoms with E-state index in [1.807, 2.05) is 102 Å². The van der Waals surface area contributed by atoms with Crippen molar-refractivity contribution in [3.63, 3.8) is 0 Å². The van der Waals surface area contributed by atoms with Crippen LogP contribution < -0.4 is 21.3 Å². The van der Waals surface area contributed by atoms with Crippen LogP contribution >= 0.6 is 11.3 Å². The van der Waals surface area contributed by atoms with Crippen LogP contribution in [0.2, 0.25) is 0 Å². The number of benzene rings is 4. The molecule has 0 aliphatic carbocycles. The molecule has 3 aliphatic rings. The maximum Gasteiger partial charge on any atom is 0.308 e. The Balaban J connectivity index is 1.24. The van der Waals surface area contributed by atoms with Crippen LogP contribution in [-0.2, 0) is 59.2 Å². The summed E-state index contributed by atoms with van der Waals surface area (Å²) in [7, 11) is 0. The van der Waals surface area contributed by atoms with Gasteiger partial charge in [0.1, 0.15) is 12.1 Å². The third-order valence-electron chi connectivity index (χ3n) is 11.9. The molecule has 0 saturated carbocycles. The second-order valence-corrected chi connectivity index (χ2v) is 17.8. The molecule has 4 heterocycles. The van der Waals surface area contributed by atoms with E-state index < -0.39 is 65.3 Å². The maximum atomic E-state index is 14.7. The van der Waals surface area contributed by atoms with Crippen molar-refractivity contribution in [2.45, 2.75) is 75.9 Å². The lowest BCUT2D eigenvalue weighted by Gasteiger charge is -2.34. The SMILES string of the molecule is O=C1CCC(=O)N[C@H](Cc2cccs2)C(=O)N[C@@H](Cc2ccc(-c3ccccc3)cc2)C(=O)N[C@H](Cc2ccccc2)C(=O)C[C@H](C(=O)N2CCC[C@H](C(=O)O)C2)Cc2ccc(cc2)N1. The van der Waals surface area contributed by atoms with Crippen molar-refractivity contribution in [1.82, 2.24) is 20.9 Å². The number of carbonyl (C=O) groups excluding carboxylic acids is 6. The van der Waals surface area contributed by atoms with Gasteiger partial charge in [-0.3, -0.25) is 33.6 Å². The first kappa shape index (κ1) is 46.1. The highest BCUT2D eigenvalue weighted by Crippen LogP contribution is 2.25. The lowest BCUT2D eigenvalue weighted by atomic mass is 9.88. The Bertz CT molecular complexity index is 2450. The van der Waals surface area contributed by atoms with Crippen LogP contribution in [-0.4, -0.2) is 82.5 Å². The van der Waals surface area contributed by atoms with Gasteiger partial charge in [-0.05, 0) is 77.1 Å². The predicted octanol–water partition coefficient (Wildman–Crippen LogP) is 5.77. The molecule has 1 aromatic heterocycles. The molecule has 0 radical (unpaired) electrons. The second-order valence-electron chi connectivity index (χ2n) is 16.8. The van der Waals surface area contributed by atoms with E-state index in [0.29, 0.717) is 30.6 Å². The number of hydrogen-bond donors (Lipinski definition) is 5. The Morgan fingerprint density at radius 1 is 0.615 bits per heavy atom. The van der Waals surface area contributed by atoms with Crippen LogP contribution in [0.15, 0.2) is 127 Å². The number of carboxylic acid groups (broad SMARTS) is 1. The number of likely N-dealkylation sites (tertiary alicyclic amines) is 1. The minimum atomic E-state index is -1.21. The fourth-order valence-electron chi connectivity index (χ4n) is 8.38. The number of aliphatic carboxylic acids is 1. The highest BCUT2D eigenvalue weighted by Gasteiger charge is 2.36. The largest absolute Gasteiger partial charge is 0.481 e. The third kappa shape index (κ3) is 13.1. The molecule has 0 spiro atoms. The van der Waals surface area contributed by atoms with Gasteiger partial charge in [0.15, 0.2) is 5.78 Å². The number of hydrogen-bond acceptors (Lipinski definition) is 8. The van der Waals surface area contributed by atoms with Gasteiger partial charge in [-0.15, -0.1) is 11.3 Å². The lowest BCUT2D eigenvalue weighted by molar-refractivity contribution is -0.147. The molecular weight excluding hydrogens is 843 g/mol. The van der Waals surface area contributed by atoms with Crippen LogP contribution in [0, 0.1) is 11.8 Å². The van der Waals surface area contributed by atoms with Gasteiger partial charge in [0.2, 0.25) is 29.5 Å². The van der Waals surface area contributed by atoms with Gasteiger partial charge in [0.25, 0.3) is 0 Å². The van der Waals surface area contributed by atoms with Crippen LogP contribution in [0.25, 0.3) is 11.1 Å². The number of carboxylic acids is 1. The number of fused-ring (bicyclic) bond motifs is 18. The summed E-state index contributed by atoms with van der Waals surface area (Å²) in [6.07, 6.45) is 0.685. The van der Waals surface area contributed by atoms with Gasteiger partial charge in [-0.1, -0.05) is 103 Å². The summed E-state index contributed by atoms with van der Waals surface area (Å²) in [5.41, 5.74) is 4.61. The smallest absolute Gasteiger partial charge is 0.308 e. The van der Waals surface area contributed by atoms with Gasteiger partial charge in [-0.25, -0.2) is 0 Å². The van der Waals surface area contributed by atoms with Crippen molar-refractivity contribution in [3.05, 3.63) is 148 Å². The first-order valence-corrected chi connectivity index (χ1v) is 22.9. The van der Waals surface area contributed by atoms with Crippen LogP contribution in [0.1, 0.15) is 53.7 Å². The van der Waals surface area contributed by atoms with E-state index in [4.69, 9.17) is 0 Å². The Hall–Kier alpha value is -6.93. The Morgan fingerprint density at radius 3 is 1.91 bits per heavy atom. The first-order valence-electron chi connectivity index (χ1n) is 22.0. The molecule has 5 N–H and O–H groups in total. The average Bonchev–Trinajstić information content (AvgIpc) is 3.84. The van der Waals surface area contributed by atoms with Gasteiger partial charge < -0.3 is 31.3 Å². The Labute approximate surface area is 382 Å². The van der Waals surface area contributed by atoms with E-state index in [-0.39, 0.29) is 57.4 Å². The number of piperidine rings is 1. The number of thiophene rings is 1. The van der Waals surface area contributed by atoms with Gasteiger partial charge in [-0.2, -0.15) is 0 Å². The molecule has 13 nitrogen and oxygen atoms in total. The minimum Gasteiger partial charge on any atom is -0.481 e. The maximum absolute atomic E-state index is 14.7. The molecule has 2 bridgehead atoms. The number of nitrogens with zero attached hydrogens (tertiary/aromatic N) is 1. The monoisotopic (exact) mass is 895 g/mol. The molecule has 1 fully saturated rings. The predicted molar refractivity (Wildman–Crippen MR) is 248 cm³/mol. The van der Waals surface area contributed by atoms with Crippen LogP contribution in [0.3, 0.4) is 0 Å². The number of nitrogens with one attached hydrogen (secondary N) is 4. The van der Waals surface area contributed by atoms with Gasteiger partial charge >= 0.3 is 5.97 Å². The van der Waals surface area contributed by atoms with Crippen LogP contribution in [0.5, 0.6) is 0 Å². The molecule has 5 amide bonds. The van der Waals surface area contributed by atoms with Crippen molar-refractivity contribution in [2.24, 2.45) is 11.8 Å². The number of carbonyl (C=O) groups is 7. The number of amides is 5. The Kier molecular flexibility index (Phi) is 15.7. The highest BCUT2D eigenvalue weighted by atomic mass is 32.1. The molecule has 65 heavy (non-hydrogen) atoms. The third-order valence-corrected chi connectivity index (χ3v) is 12.8. The molecule has 5 aromatic rings. The van der Waals surface area contributed by atoms with Crippen molar-refractivity contribution in [3.8, 4) is 11.1 Å². The van der Waals surface area contributed by atoms with E-state index >= 15 is 0 Å². The molecule has 8 rings (SSSR count). The second kappa shape index (κ2) is 22.1. The summed E-state index contributed by atoms with van der Waals surface area (Å²) in [4.78, 5) is 99.0. The summed E-state index contributed by atoms with van der Waals surface area (Å²) in [5, 5.41) is 23.1. The standard InChI is InChI=1S/C51H53N5O8S/c57-45-30-39(50(62)56-25-7-13-38(32-56)51(63)64)27-34-17-21-40(22-18-34)52-46(58)23-24-47(59)53-44(31-41-14-8-26-65-41)49(61)55-43(48(60)54-42(45)28-33-9-3-1-4-10-33)29-35-15-19-37(20-16-35)36-11-5-2-6-12-36/h1-6,8-12,14-22,26,38-39,42-44H,7,13,23-25,27-32H2,(H,52,58)(H,53,59)(H,54,60)(H,55,61)(H,63,64)/t38-,39+,42+,43-,44+/m0/s1. The van der Waals surface area contributed by atoms with E-state index in [2.05, 4.69) is 21.3 Å². The molecule has 14 heteroatoms. The zero-order chi connectivity index (χ0) is 45.7. The van der Waals surface area contributed by atoms with Crippen molar-refractivity contribution in [1.29, 1.82) is 0 Å². The quantitative estimate of drug-likeness (QED) is 0.115. The van der Waals surface area contributed by atoms with E-state index in [1.165, 1.54) is 16.2 Å². The molecule has 336 valence electrons. The van der Waals surface area contributed by atoms with E-state index in [0.717, 1.165) is 27.1 Å². The van der Waals surface area contributed by atoms with E-state index in [9.17, 15) is 38.7 Å². The topological polar surface area (TPSA) is 191 Å². The summed E-state index contributed by atoms with van der Waals surface area (Å²) in [6.45, 7) is 0.369. The molecule has 0 unspecified atom stereocenters. The average molecular weight is 896 g/mol. The molecule has 5 atom stereocenters. The van der Waals surface area contributed by atoms with Gasteiger partial charge in [0, 0.05) is 61.7 Å². The van der Waals surface area contributed by atoms with Crippen molar-refractivity contribution < 1.29 is 38.7 Å². The highest BCUT2D eigenvalue weighted by molar-refractivity contribution is 7.09. The molecule has 3 aliphatic heterocycles. The number of anilines is 1. The lowest BCUT2D eigenvalue weighted by Crippen LogP contribution is -2.57. The van der Waals surface area contributed by atoms with Crippen molar-refractivity contribution >= 4 is 58.3 Å². The normalized spacial score (nSPS) is 21.6. The fraction of sp³-hybridized carbons (Fsp3) is 0.314. The zero-order valence-electron chi connectivity index (χ0n) is 35.9. The van der Waals surface area contributed by atoms with Gasteiger partial charge in [0.05, 0.1) is 12.0 Å². The number of rotatable bonds is 9. The summed E-state index contributed by atoms with van der Waals surface area (Å²) < 4.78 is 0. The molecule has 1 saturated heterocycles. The summed E-state index contributed by atoms with van der Waals surface area (Å²) >= 11 is 1.41. The van der Waals surface area contributed by atoms with Crippen molar-refractivity contribution in [2.75, 3.05) is 18.4 Å². The minimum absolute atomic E-state index is 0.0204.